The van der Waals surface area contributed by atoms with Crippen LogP contribution >= 0.6 is 0 Å². The first-order valence-electron chi connectivity index (χ1n) is 10.9. The number of fused-ring (bicyclic) bond motifs is 4. The number of aryl methyl sites for hydroxylation is 4. The average molecular weight is 395 g/mol. The summed E-state index contributed by atoms with van der Waals surface area (Å²) in [6.07, 6.45) is 4.01. The van der Waals surface area contributed by atoms with Crippen molar-refractivity contribution in [1.29, 1.82) is 0 Å². The summed E-state index contributed by atoms with van der Waals surface area (Å²) in [5, 5.41) is 0. The van der Waals surface area contributed by atoms with Crippen LogP contribution in [0.4, 0.5) is 0 Å². The molecular formula is C27H38O2. The minimum Gasteiger partial charge on any atom is -0.496 e. The zero-order valence-electron chi connectivity index (χ0n) is 19.7. The highest BCUT2D eigenvalue weighted by Gasteiger charge is 2.23. The SMILES string of the molecule is COCc1c2cc(C(C)(C)C)cc1CCc1cc(C(C)(C)C)cc(c1OC)CC2. The lowest BCUT2D eigenvalue weighted by molar-refractivity contribution is 0.183. The molecule has 0 unspecified atom stereocenters. The van der Waals surface area contributed by atoms with Gasteiger partial charge in [0.25, 0.3) is 0 Å². The summed E-state index contributed by atoms with van der Waals surface area (Å²) in [5.41, 5.74) is 10.0. The number of hydrogen-bond donors (Lipinski definition) is 0. The number of ether oxygens (including phenoxy) is 2. The smallest absolute Gasteiger partial charge is 0.125 e. The Labute approximate surface area is 177 Å². The fraction of sp³-hybridized carbons (Fsp3) is 0.556. The van der Waals surface area contributed by atoms with Gasteiger partial charge in [0.05, 0.1) is 13.7 Å². The van der Waals surface area contributed by atoms with Gasteiger partial charge in [0.2, 0.25) is 0 Å². The summed E-state index contributed by atoms with van der Waals surface area (Å²) >= 11 is 0. The van der Waals surface area contributed by atoms with E-state index in [2.05, 4.69) is 65.8 Å². The maximum absolute atomic E-state index is 5.91. The normalized spacial score (nSPS) is 14.6. The Kier molecular flexibility index (Phi) is 6.15. The van der Waals surface area contributed by atoms with Crippen molar-refractivity contribution >= 4 is 0 Å². The molecule has 0 aromatic heterocycles. The third-order valence-electron chi connectivity index (χ3n) is 6.23. The molecule has 0 amide bonds. The highest BCUT2D eigenvalue weighted by molar-refractivity contribution is 5.50. The van der Waals surface area contributed by atoms with Crippen LogP contribution in [-0.2, 0) is 47.9 Å². The molecule has 2 aromatic rings. The van der Waals surface area contributed by atoms with Crippen LogP contribution in [0.15, 0.2) is 24.3 Å². The van der Waals surface area contributed by atoms with Gasteiger partial charge in [-0.3, -0.25) is 0 Å². The van der Waals surface area contributed by atoms with Crippen molar-refractivity contribution < 1.29 is 9.47 Å². The molecule has 158 valence electrons. The standard InChI is InChI=1S/C27H38O2/c1-26(2,3)22-13-18-9-11-20-15-23(27(4,5)6)16-21(25(20)29-8)12-10-19(14-22)24(18)17-28-7/h13-16H,9-12,17H2,1-8H3. The van der Waals surface area contributed by atoms with Crippen molar-refractivity contribution in [3.05, 3.63) is 63.2 Å². The molecule has 3 rings (SSSR count). The van der Waals surface area contributed by atoms with Crippen LogP contribution in [0.2, 0.25) is 0 Å². The van der Waals surface area contributed by atoms with Crippen molar-refractivity contribution in [2.75, 3.05) is 14.2 Å². The first-order valence-corrected chi connectivity index (χ1v) is 10.9. The molecule has 2 aromatic carbocycles. The fourth-order valence-corrected chi connectivity index (χ4v) is 4.37. The van der Waals surface area contributed by atoms with E-state index in [1.807, 2.05) is 7.11 Å². The Hall–Kier alpha value is -1.80. The monoisotopic (exact) mass is 394 g/mol. The third-order valence-corrected chi connectivity index (χ3v) is 6.23. The Morgan fingerprint density at radius 1 is 0.655 bits per heavy atom. The quantitative estimate of drug-likeness (QED) is 0.606. The molecule has 0 atom stereocenters. The maximum atomic E-state index is 5.91. The van der Waals surface area contributed by atoms with Crippen LogP contribution in [0.3, 0.4) is 0 Å². The fourth-order valence-electron chi connectivity index (χ4n) is 4.37. The average Bonchev–Trinajstić information content (AvgIpc) is 2.63. The second-order valence-corrected chi connectivity index (χ2v) is 10.5. The van der Waals surface area contributed by atoms with Crippen LogP contribution in [0, 0.1) is 0 Å². The second-order valence-electron chi connectivity index (χ2n) is 10.5. The molecule has 1 aliphatic rings. The van der Waals surface area contributed by atoms with Crippen LogP contribution in [0.1, 0.15) is 80.5 Å². The summed E-state index contributed by atoms with van der Waals surface area (Å²) in [6, 6.07) is 9.57. The molecule has 2 heteroatoms. The first-order chi connectivity index (χ1) is 13.5. The number of hydrogen-bond acceptors (Lipinski definition) is 2. The largest absolute Gasteiger partial charge is 0.496 e. The molecule has 4 bridgehead atoms. The predicted octanol–water partition coefficient (Wildman–Crippen LogP) is 6.32. The van der Waals surface area contributed by atoms with Crippen LogP contribution in [-0.4, -0.2) is 14.2 Å². The van der Waals surface area contributed by atoms with Gasteiger partial charge >= 0.3 is 0 Å². The molecule has 0 spiro atoms. The van der Waals surface area contributed by atoms with Crippen molar-refractivity contribution in [3.8, 4) is 5.75 Å². The lowest BCUT2D eigenvalue weighted by Gasteiger charge is -2.27. The molecule has 0 saturated carbocycles. The van der Waals surface area contributed by atoms with Crippen LogP contribution < -0.4 is 4.74 Å². The van der Waals surface area contributed by atoms with Crippen molar-refractivity contribution in [2.24, 2.45) is 0 Å². The van der Waals surface area contributed by atoms with Gasteiger partial charge in [-0.15, -0.1) is 0 Å². The van der Waals surface area contributed by atoms with E-state index in [0.29, 0.717) is 6.61 Å². The van der Waals surface area contributed by atoms with Gasteiger partial charge in [-0.1, -0.05) is 65.8 Å². The molecule has 0 heterocycles. The highest BCUT2D eigenvalue weighted by atomic mass is 16.5. The van der Waals surface area contributed by atoms with Gasteiger partial charge in [-0.05, 0) is 75.5 Å². The zero-order valence-corrected chi connectivity index (χ0v) is 19.7. The minimum absolute atomic E-state index is 0.134. The predicted molar refractivity (Wildman–Crippen MR) is 122 cm³/mol. The van der Waals surface area contributed by atoms with E-state index in [1.165, 1.54) is 38.9 Å². The number of rotatable bonds is 3. The summed E-state index contributed by atoms with van der Waals surface area (Å²) < 4.78 is 11.5. The topological polar surface area (TPSA) is 18.5 Å². The first kappa shape index (κ1) is 21.9. The Balaban J connectivity index is 2.15. The molecular weight excluding hydrogens is 356 g/mol. The molecule has 0 N–H and O–H groups in total. The summed E-state index contributed by atoms with van der Waals surface area (Å²) in [5.74, 6) is 1.09. The van der Waals surface area contributed by atoms with E-state index < -0.39 is 0 Å². The lowest BCUT2D eigenvalue weighted by atomic mass is 9.79. The summed E-state index contributed by atoms with van der Waals surface area (Å²) in [4.78, 5) is 0. The molecule has 0 radical (unpaired) electrons. The minimum atomic E-state index is 0.134. The maximum Gasteiger partial charge on any atom is 0.125 e. The highest BCUT2D eigenvalue weighted by Crippen LogP contribution is 2.36. The van der Waals surface area contributed by atoms with Crippen molar-refractivity contribution in [2.45, 2.75) is 84.7 Å². The van der Waals surface area contributed by atoms with Crippen LogP contribution in [0.5, 0.6) is 5.75 Å². The molecule has 0 fully saturated rings. The number of benzene rings is 2. The summed E-state index contributed by atoms with van der Waals surface area (Å²) in [7, 11) is 3.62. The van der Waals surface area contributed by atoms with E-state index in [1.54, 1.807) is 7.11 Å². The Morgan fingerprint density at radius 2 is 1.03 bits per heavy atom. The van der Waals surface area contributed by atoms with E-state index in [9.17, 15) is 0 Å². The van der Waals surface area contributed by atoms with Crippen LogP contribution in [0.25, 0.3) is 0 Å². The summed E-state index contributed by atoms with van der Waals surface area (Å²) in [6.45, 7) is 14.5. The molecule has 29 heavy (non-hydrogen) atoms. The Bertz CT molecular complexity index is 828. The zero-order chi connectivity index (χ0) is 21.4. The molecule has 1 aliphatic carbocycles. The van der Waals surface area contributed by atoms with E-state index in [-0.39, 0.29) is 10.8 Å². The van der Waals surface area contributed by atoms with Gasteiger partial charge in [0.1, 0.15) is 5.75 Å². The van der Waals surface area contributed by atoms with Gasteiger partial charge < -0.3 is 9.47 Å². The third kappa shape index (κ3) is 4.69. The van der Waals surface area contributed by atoms with Crippen molar-refractivity contribution in [3.63, 3.8) is 0 Å². The van der Waals surface area contributed by atoms with Gasteiger partial charge in [0, 0.05) is 7.11 Å². The van der Waals surface area contributed by atoms with E-state index in [4.69, 9.17) is 9.47 Å². The number of methoxy groups -OCH3 is 2. The van der Waals surface area contributed by atoms with E-state index >= 15 is 0 Å². The Morgan fingerprint density at radius 3 is 1.38 bits per heavy atom. The lowest BCUT2D eigenvalue weighted by Crippen LogP contribution is -2.17. The molecule has 0 saturated heterocycles. The molecule has 2 nitrogen and oxygen atoms in total. The van der Waals surface area contributed by atoms with Gasteiger partial charge in [0.15, 0.2) is 0 Å². The van der Waals surface area contributed by atoms with Gasteiger partial charge in [-0.2, -0.15) is 0 Å². The molecule has 0 aliphatic heterocycles. The van der Waals surface area contributed by atoms with Gasteiger partial charge in [-0.25, -0.2) is 0 Å². The van der Waals surface area contributed by atoms with E-state index in [0.717, 1.165) is 31.4 Å². The van der Waals surface area contributed by atoms with Crippen molar-refractivity contribution in [1.82, 2.24) is 0 Å². The second kappa shape index (κ2) is 8.14.